The maximum Gasteiger partial charge on any atom is 0.330 e. The van der Waals surface area contributed by atoms with Gasteiger partial charge in [0.05, 0.1) is 6.61 Å². The fraction of sp³-hybridized carbons (Fsp3) is 0.769. The molecule has 170 valence electrons. The first-order chi connectivity index (χ1) is 14.5. The molecule has 2 saturated carbocycles. The zero-order valence-corrected chi connectivity index (χ0v) is 19.0. The van der Waals surface area contributed by atoms with Crippen molar-refractivity contribution < 1.29 is 19.1 Å². The summed E-state index contributed by atoms with van der Waals surface area (Å²) in [5.41, 5.74) is 0.147. The highest BCUT2D eigenvalue weighted by atomic mass is 16.5. The van der Waals surface area contributed by atoms with Crippen molar-refractivity contribution in [2.75, 3.05) is 19.8 Å². The van der Waals surface area contributed by atoms with Crippen molar-refractivity contribution in [1.82, 2.24) is 0 Å². The van der Waals surface area contributed by atoms with E-state index in [0.29, 0.717) is 13.2 Å². The maximum atomic E-state index is 11.4. The third kappa shape index (κ3) is 8.02. The molecule has 4 nitrogen and oxygen atoms in total. The zero-order chi connectivity index (χ0) is 21.8. The van der Waals surface area contributed by atoms with Crippen LogP contribution in [0.3, 0.4) is 0 Å². The van der Waals surface area contributed by atoms with Crippen molar-refractivity contribution in [3.8, 4) is 0 Å². The molecule has 0 atom stereocenters. The molecule has 0 bridgehead atoms. The van der Waals surface area contributed by atoms with E-state index in [1.165, 1.54) is 63.5 Å². The first kappa shape index (κ1) is 24.8. The Hall–Kier alpha value is -1.42. The summed E-state index contributed by atoms with van der Waals surface area (Å²) < 4.78 is 10.9. The standard InChI is InChI=1S/C26H42O4/c1-4-7-21-8-10-22(11-9-21)23-12-14-26(15-13-23,17-19-30-25(28)6-3)16-18-29-20-24(27)5-2/h5-6,21-23H,2-4,7-20H2,1H3. The predicted molar refractivity (Wildman–Crippen MR) is 121 cm³/mol. The van der Waals surface area contributed by atoms with E-state index in [0.717, 1.165) is 43.4 Å². The molecular formula is C26H42O4. The van der Waals surface area contributed by atoms with Crippen LogP contribution in [-0.4, -0.2) is 31.6 Å². The average molecular weight is 419 g/mol. The van der Waals surface area contributed by atoms with Crippen molar-refractivity contribution in [2.24, 2.45) is 23.2 Å². The first-order valence-electron chi connectivity index (χ1n) is 12.0. The Morgan fingerprint density at radius 1 is 0.933 bits per heavy atom. The van der Waals surface area contributed by atoms with E-state index in [2.05, 4.69) is 20.1 Å². The Balaban J connectivity index is 1.84. The molecular weight excluding hydrogens is 376 g/mol. The molecule has 0 spiro atoms. The van der Waals surface area contributed by atoms with Gasteiger partial charge in [-0.25, -0.2) is 4.79 Å². The highest BCUT2D eigenvalue weighted by molar-refractivity contribution is 5.90. The van der Waals surface area contributed by atoms with E-state index < -0.39 is 0 Å². The van der Waals surface area contributed by atoms with Gasteiger partial charge in [-0.3, -0.25) is 4.79 Å². The van der Waals surface area contributed by atoms with E-state index in [9.17, 15) is 9.59 Å². The van der Waals surface area contributed by atoms with Crippen molar-refractivity contribution in [3.63, 3.8) is 0 Å². The lowest BCUT2D eigenvalue weighted by Crippen LogP contribution is -2.34. The van der Waals surface area contributed by atoms with Gasteiger partial charge in [0.15, 0.2) is 5.78 Å². The summed E-state index contributed by atoms with van der Waals surface area (Å²) in [6.07, 6.45) is 17.6. The molecule has 2 fully saturated rings. The van der Waals surface area contributed by atoms with Gasteiger partial charge in [-0.2, -0.15) is 0 Å². The molecule has 0 N–H and O–H groups in total. The molecule has 0 aromatic carbocycles. The number of hydrogen-bond donors (Lipinski definition) is 0. The van der Waals surface area contributed by atoms with Crippen LogP contribution < -0.4 is 0 Å². The van der Waals surface area contributed by atoms with Crippen LogP contribution in [0, 0.1) is 23.2 Å². The Kier molecular flexibility index (Phi) is 10.8. The van der Waals surface area contributed by atoms with Crippen LogP contribution in [0.1, 0.15) is 84.0 Å². The molecule has 0 aromatic rings. The summed E-state index contributed by atoms with van der Waals surface area (Å²) in [6.45, 7) is 10.4. The normalized spacial score (nSPS) is 29.2. The molecule has 2 aliphatic carbocycles. The topological polar surface area (TPSA) is 52.6 Å². The molecule has 2 rings (SSSR count). The summed E-state index contributed by atoms with van der Waals surface area (Å²) in [7, 11) is 0. The van der Waals surface area contributed by atoms with E-state index in [1.54, 1.807) is 0 Å². The van der Waals surface area contributed by atoms with Gasteiger partial charge in [-0.1, -0.05) is 45.8 Å². The predicted octanol–water partition coefficient (Wildman–Crippen LogP) is 6.05. The van der Waals surface area contributed by atoms with Crippen LogP contribution in [0.4, 0.5) is 0 Å². The van der Waals surface area contributed by atoms with Crippen molar-refractivity contribution in [3.05, 3.63) is 25.3 Å². The van der Waals surface area contributed by atoms with Crippen molar-refractivity contribution >= 4 is 11.8 Å². The summed E-state index contributed by atoms with van der Waals surface area (Å²) >= 11 is 0. The smallest absolute Gasteiger partial charge is 0.330 e. The quantitative estimate of drug-likeness (QED) is 0.207. The second-order valence-electron chi connectivity index (χ2n) is 9.50. The van der Waals surface area contributed by atoms with Crippen LogP contribution in [0.25, 0.3) is 0 Å². The number of carbonyl (C=O) groups is 2. The average Bonchev–Trinajstić information content (AvgIpc) is 2.78. The van der Waals surface area contributed by atoms with Gasteiger partial charge in [0.1, 0.15) is 6.61 Å². The van der Waals surface area contributed by atoms with Crippen LogP contribution in [0.15, 0.2) is 25.3 Å². The minimum atomic E-state index is -0.351. The van der Waals surface area contributed by atoms with Gasteiger partial charge >= 0.3 is 5.97 Å². The SMILES string of the molecule is C=CC(=O)COCCC1(CCOC(=O)C=C)CCC(C2CCC(CCC)CC2)CC1. The second-order valence-corrected chi connectivity index (χ2v) is 9.50. The van der Waals surface area contributed by atoms with Crippen LogP contribution in [0.2, 0.25) is 0 Å². The Morgan fingerprint density at radius 2 is 1.57 bits per heavy atom. The molecule has 0 unspecified atom stereocenters. The van der Waals surface area contributed by atoms with Gasteiger partial charge in [0, 0.05) is 12.7 Å². The fourth-order valence-corrected chi connectivity index (χ4v) is 5.65. The number of ketones is 1. The van der Waals surface area contributed by atoms with Gasteiger partial charge < -0.3 is 9.47 Å². The third-order valence-electron chi connectivity index (χ3n) is 7.64. The van der Waals surface area contributed by atoms with Crippen LogP contribution in [0.5, 0.6) is 0 Å². The molecule has 0 heterocycles. The molecule has 4 heteroatoms. The third-order valence-corrected chi connectivity index (χ3v) is 7.64. The summed E-state index contributed by atoms with van der Waals surface area (Å²) in [5, 5.41) is 0. The monoisotopic (exact) mass is 418 g/mol. The van der Waals surface area contributed by atoms with E-state index in [1.807, 2.05) is 0 Å². The van der Waals surface area contributed by atoms with Crippen LogP contribution in [-0.2, 0) is 19.1 Å². The minimum Gasteiger partial charge on any atom is -0.463 e. The Bertz CT molecular complexity index is 551. The fourth-order valence-electron chi connectivity index (χ4n) is 5.65. The lowest BCUT2D eigenvalue weighted by atomic mass is 9.62. The highest BCUT2D eigenvalue weighted by Crippen LogP contribution is 2.49. The number of carbonyl (C=O) groups excluding carboxylic acids is 2. The Morgan fingerprint density at radius 3 is 2.17 bits per heavy atom. The first-order valence-corrected chi connectivity index (χ1v) is 12.0. The second kappa shape index (κ2) is 13.1. The molecule has 0 aliphatic heterocycles. The number of esters is 1. The zero-order valence-electron chi connectivity index (χ0n) is 19.0. The van der Waals surface area contributed by atoms with E-state index >= 15 is 0 Å². The van der Waals surface area contributed by atoms with E-state index in [4.69, 9.17) is 9.47 Å². The lowest BCUT2D eigenvalue weighted by molar-refractivity contribution is -0.139. The summed E-state index contributed by atoms with van der Waals surface area (Å²) in [6, 6.07) is 0. The van der Waals surface area contributed by atoms with Gasteiger partial charge in [0.2, 0.25) is 0 Å². The number of ether oxygens (including phenoxy) is 2. The molecule has 2 aliphatic rings. The molecule has 0 saturated heterocycles. The molecule has 0 aromatic heterocycles. The van der Waals surface area contributed by atoms with Gasteiger partial charge in [-0.15, -0.1) is 0 Å². The number of rotatable bonds is 13. The van der Waals surface area contributed by atoms with E-state index in [-0.39, 0.29) is 23.8 Å². The minimum absolute atomic E-state index is 0.0775. The Labute approximate surface area is 183 Å². The molecule has 0 radical (unpaired) electrons. The molecule has 30 heavy (non-hydrogen) atoms. The van der Waals surface area contributed by atoms with Crippen molar-refractivity contribution in [2.45, 2.75) is 84.0 Å². The lowest BCUT2D eigenvalue weighted by Gasteiger charge is -2.44. The number of hydrogen-bond acceptors (Lipinski definition) is 4. The van der Waals surface area contributed by atoms with Crippen molar-refractivity contribution in [1.29, 1.82) is 0 Å². The summed E-state index contributed by atoms with van der Waals surface area (Å²) in [5.74, 6) is 2.28. The molecule has 0 amide bonds. The van der Waals surface area contributed by atoms with Crippen LogP contribution >= 0.6 is 0 Å². The highest BCUT2D eigenvalue weighted by Gasteiger charge is 2.38. The maximum absolute atomic E-state index is 11.4. The van der Waals surface area contributed by atoms with Gasteiger partial charge in [0.25, 0.3) is 0 Å². The largest absolute Gasteiger partial charge is 0.463 e. The van der Waals surface area contributed by atoms with Gasteiger partial charge in [-0.05, 0) is 80.6 Å². The summed E-state index contributed by atoms with van der Waals surface area (Å²) in [4.78, 5) is 22.8.